The normalized spacial score (nSPS) is 31.4. The lowest BCUT2D eigenvalue weighted by Gasteiger charge is -2.32. The van der Waals surface area contributed by atoms with Crippen LogP contribution in [-0.2, 0) is 4.79 Å². The molecular formula is C12H25ClN2O. The lowest BCUT2D eigenvalue weighted by Crippen LogP contribution is -2.41. The molecule has 3 unspecified atom stereocenters. The standard InChI is InChI=1S/C12H24N2O.ClH/c1-8-4-9(2)6-11(5-8)14-12(15)7-10(3)13;/h8-11H,4-7,13H2,1-3H3,(H,14,15);1H. The van der Waals surface area contributed by atoms with Gasteiger partial charge in [0.25, 0.3) is 0 Å². The van der Waals surface area contributed by atoms with E-state index in [1.165, 1.54) is 6.42 Å². The molecule has 0 aromatic heterocycles. The van der Waals surface area contributed by atoms with Gasteiger partial charge in [0.2, 0.25) is 5.91 Å². The summed E-state index contributed by atoms with van der Waals surface area (Å²) in [6.45, 7) is 6.40. The van der Waals surface area contributed by atoms with Crippen LogP contribution >= 0.6 is 12.4 Å². The maximum absolute atomic E-state index is 11.5. The molecule has 1 saturated carbocycles. The van der Waals surface area contributed by atoms with E-state index in [9.17, 15) is 4.79 Å². The molecule has 3 atom stereocenters. The zero-order chi connectivity index (χ0) is 11.4. The molecule has 1 amide bonds. The highest BCUT2D eigenvalue weighted by atomic mass is 35.5. The van der Waals surface area contributed by atoms with E-state index < -0.39 is 0 Å². The number of carbonyl (C=O) groups is 1. The first-order valence-corrected chi connectivity index (χ1v) is 6.02. The van der Waals surface area contributed by atoms with Gasteiger partial charge in [-0.3, -0.25) is 4.79 Å². The number of amides is 1. The first kappa shape index (κ1) is 15.7. The van der Waals surface area contributed by atoms with Crippen molar-refractivity contribution in [2.24, 2.45) is 17.6 Å². The molecule has 0 aromatic rings. The molecule has 1 aliphatic carbocycles. The Labute approximate surface area is 105 Å². The molecule has 0 aliphatic heterocycles. The Morgan fingerprint density at radius 2 is 1.81 bits per heavy atom. The average molecular weight is 249 g/mol. The van der Waals surface area contributed by atoms with Gasteiger partial charge in [-0.2, -0.15) is 0 Å². The molecule has 0 saturated heterocycles. The van der Waals surface area contributed by atoms with Crippen molar-refractivity contribution in [2.75, 3.05) is 0 Å². The second kappa shape index (κ2) is 7.13. The van der Waals surface area contributed by atoms with Gasteiger partial charge in [0, 0.05) is 18.5 Å². The molecule has 3 N–H and O–H groups in total. The molecule has 1 aliphatic rings. The highest BCUT2D eigenvalue weighted by Gasteiger charge is 2.24. The van der Waals surface area contributed by atoms with Crippen LogP contribution in [0.5, 0.6) is 0 Å². The summed E-state index contributed by atoms with van der Waals surface area (Å²) in [5.41, 5.74) is 5.59. The number of hydrogen-bond acceptors (Lipinski definition) is 2. The first-order chi connectivity index (χ1) is 6.97. The molecule has 0 heterocycles. The van der Waals surface area contributed by atoms with Crippen molar-refractivity contribution in [1.29, 1.82) is 0 Å². The van der Waals surface area contributed by atoms with Crippen LogP contribution in [0.1, 0.15) is 46.5 Å². The number of nitrogens with two attached hydrogens (primary N) is 1. The summed E-state index contributed by atoms with van der Waals surface area (Å²) in [5.74, 6) is 1.57. The van der Waals surface area contributed by atoms with Gasteiger partial charge in [-0.15, -0.1) is 12.4 Å². The second-order valence-electron chi connectivity index (χ2n) is 5.36. The van der Waals surface area contributed by atoms with Crippen LogP contribution in [-0.4, -0.2) is 18.0 Å². The van der Waals surface area contributed by atoms with Gasteiger partial charge in [0.15, 0.2) is 0 Å². The molecular weight excluding hydrogens is 224 g/mol. The van der Waals surface area contributed by atoms with E-state index in [0.29, 0.717) is 12.5 Å². The third kappa shape index (κ3) is 5.71. The Balaban J connectivity index is 0.00000225. The minimum absolute atomic E-state index is 0. The molecule has 0 radical (unpaired) electrons. The van der Waals surface area contributed by atoms with Gasteiger partial charge in [-0.25, -0.2) is 0 Å². The number of nitrogens with one attached hydrogen (secondary N) is 1. The minimum Gasteiger partial charge on any atom is -0.353 e. The Bertz CT molecular complexity index is 211. The minimum atomic E-state index is -0.0385. The summed E-state index contributed by atoms with van der Waals surface area (Å²) in [6, 6.07) is 0.332. The summed E-state index contributed by atoms with van der Waals surface area (Å²) in [4.78, 5) is 11.5. The fraction of sp³-hybridized carbons (Fsp3) is 0.917. The summed E-state index contributed by atoms with van der Waals surface area (Å²) in [7, 11) is 0. The Kier molecular flexibility index (Phi) is 7.00. The summed E-state index contributed by atoms with van der Waals surface area (Å²) in [6.07, 6.45) is 3.98. The van der Waals surface area contributed by atoms with Crippen LogP contribution in [0.3, 0.4) is 0 Å². The van der Waals surface area contributed by atoms with Gasteiger partial charge in [-0.1, -0.05) is 13.8 Å². The maximum atomic E-state index is 11.5. The van der Waals surface area contributed by atoms with Gasteiger partial charge in [-0.05, 0) is 38.0 Å². The number of halogens is 1. The molecule has 0 aromatic carbocycles. The third-order valence-electron chi connectivity index (χ3n) is 3.05. The molecule has 4 heteroatoms. The van der Waals surface area contributed by atoms with Gasteiger partial charge < -0.3 is 11.1 Å². The first-order valence-electron chi connectivity index (χ1n) is 6.02. The van der Waals surface area contributed by atoms with Crippen molar-refractivity contribution in [1.82, 2.24) is 5.32 Å². The molecule has 1 rings (SSSR count). The van der Waals surface area contributed by atoms with Crippen LogP contribution < -0.4 is 11.1 Å². The molecule has 16 heavy (non-hydrogen) atoms. The molecule has 3 nitrogen and oxygen atoms in total. The van der Waals surface area contributed by atoms with Gasteiger partial charge in [0.1, 0.15) is 0 Å². The molecule has 0 spiro atoms. The Morgan fingerprint density at radius 1 is 1.31 bits per heavy atom. The zero-order valence-electron chi connectivity index (χ0n) is 10.5. The summed E-state index contributed by atoms with van der Waals surface area (Å²) in [5, 5.41) is 3.09. The number of rotatable bonds is 3. The van der Waals surface area contributed by atoms with E-state index in [4.69, 9.17) is 5.73 Å². The Hall–Kier alpha value is -0.280. The lowest BCUT2D eigenvalue weighted by molar-refractivity contribution is -0.122. The number of carbonyl (C=O) groups excluding carboxylic acids is 1. The summed E-state index contributed by atoms with van der Waals surface area (Å²) < 4.78 is 0. The van der Waals surface area contributed by atoms with E-state index >= 15 is 0 Å². The van der Waals surface area contributed by atoms with Crippen molar-refractivity contribution >= 4 is 18.3 Å². The SMILES string of the molecule is CC(N)CC(=O)NC1CC(C)CC(C)C1.Cl. The smallest absolute Gasteiger partial charge is 0.221 e. The quantitative estimate of drug-likeness (QED) is 0.804. The fourth-order valence-corrected chi connectivity index (χ4v) is 2.64. The van der Waals surface area contributed by atoms with E-state index in [2.05, 4.69) is 19.2 Å². The second-order valence-corrected chi connectivity index (χ2v) is 5.36. The van der Waals surface area contributed by atoms with Crippen LogP contribution in [0.4, 0.5) is 0 Å². The lowest BCUT2D eigenvalue weighted by atomic mass is 9.80. The predicted octanol–water partition coefficient (Wildman–Crippen LogP) is 2.09. The van der Waals surface area contributed by atoms with E-state index in [0.717, 1.165) is 24.7 Å². The van der Waals surface area contributed by atoms with E-state index in [1.807, 2.05) is 6.92 Å². The molecule has 96 valence electrons. The van der Waals surface area contributed by atoms with Crippen molar-refractivity contribution in [3.8, 4) is 0 Å². The maximum Gasteiger partial charge on any atom is 0.221 e. The molecule has 0 bridgehead atoms. The van der Waals surface area contributed by atoms with Crippen molar-refractivity contribution < 1.29 is 4.79 Å². The van der Waals surface area contributed by atoms with Crippen molar-refractivity contribution in [2.45, 2.75) is 58.5 Å². The van der Waals surface area contributed by atoms with Crippen LogP contribution in [0.2, 0.25) is 0 Å². The topological polar surface area (TPSA) is 55.1 Å². The van der Waals surface area contributed by atoms with E-state index in [-0.39, 0.29) is 24.4 Å². The van der Waals surface area contributed by atoms with Crippen molar-refractivity contribution in [3.05, 3.63) is 0 Å². The van der Waals surface area contributed by atoms with Gasteiger partial charge >= 0.3 is 0 Å². The van der Waals surface area contributed by atoms with Crippen molar-refractivity contribution in [3.63, 3.8) is 0 Å². The van der Waals surface area contributed by atoms with Crippen LogP contribution in [0.15, 0.2) is 0 Å². The largest absolute Gasteiger partial charge is 0.353 e. The average Bonchev–Trinajstić information content (AvgIpc) is 1.98. The Morgan fingerprint density at radius 3 is 2.25 bits per heavy atom. The summed E-state index contributed by atoms with van der Waals surface area (Å²) >= 11 is 0. The van der Waals surface area contributed by atoms with Crippen LogP contribution in [0.25, 0.3) is 0 Å². The van der Waals surface area contributed by atoms with Gasteiger partial charge in [0.05, 0.1) is 0 Å². The van der Waals surface area contributed by atoms with Crippen LogP contribution in [0, 0.1) is 11.8 Å². The zero-order valence-corrected chi connectivity index (χ0v) is 11.3. The highest BCUT2D eigenvalue weighted by molar-refractivity contribution is 5.85. The molecule has 1 fully saturated rings. The monoisotopic (exact) mass is 248 g/mol. The number of hydrogen-bond donors (Lipinski definition) is 2. The van der Waals surface area contributed by atoms with E-state index in [1.54, 1.807) is 0 Å². The fourth-order valence-electron chi connectivity index (χ4n) is 2.64. The third-order valence-corrected chi connectivity index (χ3v) is 3.05. The highest BCUT2D eigenvalue weighted by Crippen LogP contribution is 2.28. The predicted molar refractivity (Wildman–Crippen MR) is 69.6 cm³/mol.